The molecular formula is C24H21N3O5S. The highest BCUT2D eigenvalue weighted by atomic mass is 32.2. The molecule has 0 bridgehead atoms. The van der Waals surface area contributed by atoms with Crippen molar-refractivity contribution in [3.63, 3.8) is 0 Å². The molecule has 1 heterocycles. The van der Waals surface area contributed by atoms with E-state index in [1.807, 2.05) is 24.3 Å². The smallest absolute Gasteiger partial charge is 0.232 e. The van der Waals surface area contributed by atoms with E-state index in [-0.39, 0.29) is 12.5 Å². The predicted molar refractivity (Wildman–Crippen MR) is 121 cm³/mol. The van der Waals surface area contributed by atoms with Crippen LogP contribution in [0, 0.1) is 11.3 Å². The Kier molecular flexibility index (Phi) is 7.10. The van der Waals surface area contributed by atoms with Crippen molar-refractivity contribution >= 4 is 17.6 Å². The Balaban J connectivity index is 1.47. The molecule has 168 valence electrons. The maximum Gasteiger partial charge on any atom is 0.232 e. The summed E-state index contributed by atoms with van der Waals surface area (Å²) in [6, 6.07) is 17.7. The number of hydrogen-bond acceptors (Lipinski definition) is 6. The molecule has 3 atom stereocenters. The van der Waals surface area contributed by atoms with Gasteiger partial charge in [0.1, 0.15) is 30.0 Å². The summed E-state index contributed by atoms with van der Waals surface area (Å²) in [6.07, 6.45) is 3.70. The van der Waals surface area contributed by atoms with Gasteiger partial charge < -0.3 is 14.3 Å². The van der Waals surface area contributed by atoms with Crippen molar-refractivity contribution in [1.29, 1.82) is 5.26 Å². The largest absolute Gasteiger partial charge is 0.486 e. The van der Waals surface area contributed by atoms with Gasteiger partial charge in [-0.25, -0.2) is 13.9 Å². The van der Waals surface area contributed by atoms with Crippen molar-refractivity contribution in [2.45, 2.75) is 31.4 Å². The summed E-state index contributed by atoms with van der Waals surface area (Å²) in [5.41, 5.74) is 3.29. The summed E-state index contributed by atoms with van der Waals surface area (Å²) in [7, 11) is 0. The van der Waals surface area contributed by atoms with Gasteiger partial charge in [0.05, 0.1) is 11.6 Å². The van der Waals surface area contributed by atoms with E-state index in [2.05, 4.69) is 9.71 Å². The Morgan fingerprint density at radius 2 is 2.06 bits per heavy atom. The molecule has 0 amide bonds. The second-order valence-electron chi connectivity index (χ2n) is 7.46. The Labute approximate surface area is 193 Å². The number of nitrogens with one attached hydrogen (secondary N) is 1. The van der Waals surface area contributed by atoms with Crippen LogP contribution in [0.4, 0.5) is 0 Å². The van der Waals surface area contributed by atoms with Gasteiger partial charge in [-0.15, -0.1) is 0 Å². The quantitative estimate of drug-likeness (QED) is 0.361. The Bertz CT molecular complexity index is 1190. The van der Waals surface area contributed by atoms with Crippen molar-refractivity contribution in [1.82, 2.24) is 9.71 Å². The first-order valence-electron chi connectivity index (χ1n) is 10.3. The fourth-order valence-corrected chi connectivity index (χ4v) is 4.31. The molecule has 2 unspecified atom stereocenters. The average Bonchev–Trinajstić information content (AvgIpc) is 3.23. The molecule has 0 saturated carbocycles. The number of aldehydes is 1. The molecule has 33 heavy (non-hydrogen) atoms. The molecule has 3 aromatic rings. The molecular weight excluding hydrogens is 442 g/mol. The van der Waals surface area contributed by atoms with Crippen LogP contribution >= 0.6 is 0 Å². The highest BCUT2D eigenvalue weighted by Crippen LogP contribution is 2.40. The van der Waals surface area contributed by atoms with Gasteiger partial charge in [-0.3, -0.25) is 4.55 Å². The molecule has 0 aliphatic heterocycles. The van der Waals surface area contributed by atoms with Crippen LogP contribution in [0.15, 0.2) is 60.8 Å². The van der Waals surface area contributed by atoms with E-state index < -0.39 is 17.3 Å². The van der Waals surface area contributed by atoms with Crippen molar-refractivity contribution in [3.8, 4) is 23.4 Å². The number of nitriles is 1. The average molecular weight is 464 g/mol. The molecule has 8 nitrogen and oxygen atoms in total. The third-order valence-corrected chi connectivity index (χ3v) is 5.87. The second-order valence-corrected chi connectivity index (χ2v) is 8.19. The number of carbonyl (C=O) groups excluding carboxylic acids is 1. The van der Waals surface area contributed by atoms with E-state index in [0.717, 1.165) is 24.0 Å². The minimum atomic E-state index is -2.22. The lowest BCUT2D eigenvalue weighted by Crippen LogP contribution is -2.23. The number of hydrogen-bond donors (Lipinski definition) is 2. The van der Waals surface area contributed by atoms with Crippen molar-refractivity contribution in [2.24, 2.45) is 0 Å². The fourth-order valence-electron chi connectivity index (χ4n) is 3.83. The van der Waals surface area contributed by atoms with Crippen LogP contribution in [0.25, 0.3) is 0 Å². The van der Waals surface area contributed by atoms with Crippen molar-refractivity contribution < 1.29 is 23.0 Å². The molecule has 0 saturated heterocycles. The lowest BCUT2D eigenvalue weighted by molar-refractivity contribution is -0.108. The molecule has 2 N–H and O–H groups in total. The molecule has 9 heteroatoms. The van der Waals surface area contributed by atoms with Crippen LogP contribution < -0.4 is 14.2 Å². The number of ether oxygens (including phenoxy) is 2. The van der Waals surface area contributed by atoms with E-state index in [1.54, 1.807) is 36.4 Å². The summed E-state index contributed by atoms with van der Waals surface area (Å²) in [4.78, 5) is 15.1. The monoisotopic (exact) mass is 463 g/mol. The lowest BCUT2D eigenvalue weighted by Gasteiger charge is -2.18. The third-order valence-electron chi connectivity index (χ3n) is 5.39. The van der Waals surface area contributed by atoms with Gasteiger partial charge in [-0.05, 0) is 48.2 Å². The van der Waals surface area contributed by atoms with E-state index in [1.165, 1.54) is 6.20 Å². The summed E-state index contributed by atoms with van der Waals surface area (Å²) in [5.74, 6) is 1.79. The fraction of sp³-hybridized carbons (Fsp3) is 0.208. The van der Waals surface area contributed by atoms with Gasteiger partial charge in [0.15, 0.2) is 0 Å². The van der Waals surface area contributed by atoms with Crippen molar-refractivity contribution in [3.05, 3.63) is 83.0 Å². The minimum absolute atomic E-state index is 0.0827. The molecule has 1 aliphatic carbocycles. The van der Waals surface area contributed by atoms with Gasteiger partial charge in [-0.2, -0.15) is 5.26 Å². The molecule has 0 fully saturated rings. The zero-order valence-electron chi connectivity index (χ0n) is 17.5. The van der Waals surface area contributed by atoms with Crippen LogP contribution in [0.5, 0.6) is 17.4 Å². The van der Waals surface area contributed by atoms with E-state index in [9.17, 15) is 9.00 Å². The lowest BCUT2D eigenvalue weighted by atomic mass is 10.1. The highest BCUT2D eigenvalue weighted by molar-refractivity contribution is 7.77. The van der Waals surface area contributed by atoms with Gasteiger partial charge in [0.2, 0.25) is 17.1 Å². The number of rotatable bonds is 9. The third kappa shape index (κ3) is 5.43. The highest BCUT2D eigenvalue weighted by Gasteiger charge is 2.27. The standard InChI is InChI=1S/C24H21N3O5S/c25-14-16-4-11-24(26-15-16)32-22-3-1-2-19-20(22)9-10-23(19)31-18-7-5-17(6-8-18)21(12-13-28)27-33(29)30/h1-8,11,13,15,21,23,27H,9-10,12H2,(H,29,30)/t21?,23-/m1/s1. The van der Waals surface area contributed by atoms with Crippen molar-refractivity contribution in [2.75, 3.05) is 0 Å². The Morgan fingerprint density at radius 3 is 2.73 bits per heavy atom. The number of aromatic nitrogens is 1. The Morgan fingerprint density at radius 1 is 1.24 bits per heavy atom. The molecule has 1 aromatic heterocycles. The van der Waals surface area contributed by atoms with E-state index >= 15 is 0 Å². The molecule has 0 radical (unpaired) electrons. The molecule has 4 rings (SSSR count). The zero-order chi connectivity index (χ0) is 23.2. The van der Waals surface area contributed by atoms with Gasteiger partial charge >= 0.3 is 0 Å². The molecule has 0 spiro atoms. The second kappa shape index (κ2) is 10.4. The molecule has 1 aliphatic rings. The first kappa shape index (κ1) is 22.6. The summed E-state index contributed by atoms with van der Waals surface area (Å²) < 4.78 is 34.8. The van der Waals surface area contributed by atoms with Gasteiger partial charge in [0.25, 0.3) is 0 Å². The number of pyridine rings is 1. The maximum atomic E-state index is 11.1. The van der Waals surface area contributed by atoms with Gasteiger partial charge in [0, 0.05) is 24.2 Å². The van der Waals surface area contributed by atoms with Crippen LogP contribution in [0.3, 0.4) is 0 Å². The predicted octanol–water partition coefficient (Wildman–Crippen LogP) is 4.17. The van der Waals surface area contributed by atoms with Crippen LogP contribution in [-0.2, 0) is 22.5 Å². The zero-order valence-corrected chi connectivity index (χ0v) is 18.3. The van der Waals surface area contributed by atoms with Crippen LogP contribution in [0.2, 0.25) is 0 Å². The van der Waals surface area contributed by atoms with E-state index in [0.29, 0.717) is 34.8 Å². The van der Waals surface area contributed by atoms with Crippen LogP contribution in [-0.4, -0.2) is 20.0 Å². The van der Waals surface area contributed by atoms with E-state index in [4.69, 9.17) is 19.3 Å². The maximum absolute atomic E-state index is 11.1. The minimum Gasteiger partial charge on any atom is -0.486 e. The number of nitrogens with zero attached hydrogens (tertiary/aromatic N) is 2. The number of fused-ring (bicyclic) bond motifs is 1. The SMILES string of the molecule is N#Cc1ccc(Oc2cccc3c2CC[C@H]3Oc2ccc(C(CC=O)NS(=O)O)cc2)nc1. The topological polar surface area (TPSA) is 122 Å². The summed E-state index contributed by atoms with van der Waals surface area (Å²) >= 11 is -2.22. The summed E-state index contributed by atoms with van der Waals surface area (Å²) in [5, 5.41) is 8.91. The summed E-state index contributed by atoms with van der Waals surface area (Å²) in [6.45, 7) is 0. The first-order valence-corrected chi connectivity index (χ1v) is 11.4. The van der Waals surface area contributed by atoms with Crippen LogP contribution in [0.1, 0.15) is 47.2 Å². The first-order chi connectivity index (χ1) is 16.1. The number of carbonyl (C=O) groups is 1. The van der Waals surface area contributed by atoms with Gasteiger partial charge in [-0.1, -0.05) is 24.3 Å². The number of benzene rings is 2. The Hall–Kier alpha value is -3.58. The molecule has 2 aromatic carbocycles. The normalized spacial score (nSPS) is 16.3.